The Kier molecular flexibility index (Phi) is 5.96. The van der Waals surface area contributed by atoms with E-state index in [2.05, 4.69) is 0 Å². The van der Waals surface area contributed by atoms with Crippen molar-refractivity contribution in [3.05, 3.63) is 65.0 Å². The van der Waals surface area contributed by atoms with Gasteiger partial charge < -0.3 is 14.4 Å². The molecule has 2 aromatic rings. The number of rotatable bonds is 3. The summed E-state index contributed by atoms with van der Waals surface area (Å²) in [5.74, 6) is -0.742. The lowest BCUT2D eigenvalue weighted by atomic mass is 9.96. The van der Waals surface area contributed by atoms with Crippen molar-refractivity contribution in [1.82, 2.24) is 10.4 Å². The predicted octanol–water partition coefficient (Wildman–Crippen LogP) is 2.83. The number of nitrogens with one attached hydrogen (secondary N) is 1. The third-order valence-electron chi connectivity index (χ3n) is 5.63. The lowest BCUT2D eigenvalue weighted by Crippen LogP contribution is -2.41. The highest BCUT2D eigenvalue weighted by Crippen LogP contribution is 2.34. The summed E-state index contributed by atoms with van der Waals surface area (Å²) < 4.78 is 25.3. The number of amides is 2. The van der Waals surface area contributed by atoms with E-state index in [1.54, 1.807) is 34.6 Å². The zero-order valence-corrected chi connectivity index (χ0v) is 16.3. The number of nitrogens with zero attached hydrogens (tertiary/aromatic N) is 1. The van der Waals surface area contributed by atoms with Crippen molar-refractivity contribution in [2.75, 3.05) is 19.8 Å². The van der Waals surface area contributed by atoms with Gasteiger partial charge >= 0.3 is 0 Å². The van der Waals surface area contributed by atoms with E-state index >= 15 is 0 Å². The molecule has 8 heteroatoms. The Morgan fingerprint density at radius 2 is 1.93 bits per heavy atom. The molecular weight excluding hydrogens is 391 g/mol. The molecule has 0 unspecified atom stereocenters. The van der Waals surface area contributed by atoms with Gasteiger partial charge in [-0.2, -0.15) is 0 Å². The molecule has 0 aliphatic carbocycles. The van der Waals surface area contributed by atoms with E-state index in [1.807, 2.05) is 0 Å². The summed E-state index contributed by atoms with van der Waals surface area (Å²) in [5, 5.41) is 8.88. The first kappa shape index (κ1) is 20.3. The monoisotopic (exact) mass is 414 g/mol. The zero-order valence-electron chi connectivity index (χ0n) is 16.3. The van der Waals surface area contributed by atoms with Gasteiger partial charge in [-0.3, -0.25) is 14.8 Å². The van der Waals surface area contributed by atoms with E-state index in [9.17, 15) is 14.0 Å². The minimum absolute atomic E-state index is 0.0128. The van der Waals surface area contributed by atoms with Crippen LogP contribution in [0, 0.1) is 11.7 Å². The molecule has 4 rings (SSSR count). The number of fused-ring (bicyclic) bond motifs is 1. The maximum atomic E-state index is 13.9. The molecule has 1 saturated heterocycles. The fraction of sp³-hybridized carbons (Fsp3) is 0.364. The SMILES string of the molecule is O=C(NO)c1ccc2c(c1)OC[C@@H](c1cccc(F)c1)N(C(=O)C1CCOCC1)C2. The third kappa shape index (κ3) is 4.15. The fourth-order valence-corrected chi connectivity index (χ4v) is 3.98. The first-order chi connectivity index (χ1) is 14.6. The van der Waals surface area contributed by atoms with Gasteiger partial charge in [0.05, 0.1) is 12.6 Å². The van der Waals surface area contributed by atoms with Gasteiger partial charge in [-0.1, -0.05) is 18.2 Å². The van der Waals surface area contributed by atoms with Crippen LogP contribution in [0.25, 0.3) is 0 Å². The topological polar surface area (TPSA) is 88.1 Å². The lowest BCUT2D eigenvalue weighted by Gasteiger charge is -2.34. The Morgan fingerprint density at radius 1 is 1.13 bits per heavy atom. The average molecular weight is 414 g/mol. The fourth-order valence-electron chi connectivity index (χ4n) is 3.98. The summed E-state index contributed by atoms with van der Waals surface area (Å²) >= 11 is 0. The van der Waals surface area contributed by atoms with E-state index in [-0.39, 0.29) is 36.4 Å². The standard InChI is InChI=1S/C22H23FN2O5/c23-18-3-1-2-15(10-18)19-13-30-20-11-16(21(26)24-28)4-5-17(20)12-25(19)22(27)14-6-8-29-9-7-14/h1-5,10-11,14,19,28H,6-9,12-13H2,(H,24,26)/t19-/m0/s1. The first-order valence-electron chi connectivity index (χ1n) is 9.90. The summed E-state index contributed by atoms with van der Waals surface area (Å²) in [7, 11) is 0. The summed E-state index contributed by atoms with van der Waals surface area (Å²) in [6, 6.07) is 10.5. The van der Waals surface area contributed by atoms with E-state index in [0.29, 0.717) is 37.4 Å². The Balaban J connectivity index is 1.69. The number of hydrogen-bond donors (Lipinski definition) is 2. The summed E-state index contributed by atoms with van der Waals surface area (Å²) in [5.41, 5.74) is 3.23. The molecule has 0 saturated carbocycles. The molecule has 1 atom stereocenters. The molecule has 2 N–H and O–H groups in total. The molecule has 30 heavy (non-hydrogen) atoms. The molecule has 0 spiro atoms. The van der Waals surface area contributed by atoms with Crippen LogP contribution in [0.2, 0.25) is 0 Å². The quantitative estimate of drug-likeness (QED) is 0.596. The van der Waals surface area contributed by atoms with Crippen LogP contribution in [-0.4, -0.2) is 41.7 Å². The highest BCUT2D eigenvalue weighted by molar-refractivity contribution is 5.93. The summed E-state index contributed by atoms with van der Waals surface area (Å²) in [4.78, 5) is 26.9. The van der Waals surface area contributed by atoms with Crippen molar-refractivity contribution in [3.8, 4) is 5.75 Å². The van der Waals surface area contributed by atoms with Crippen molar-refractivity contribution >= 4 is 11.8 Å². The molecule has 0 radical (unpaired) electrons. The van der Waals surface area contributed by atoms with Crippen molar-refractivity contribution in [2.45, 2.75) is 25.4 Å². The van der Waals surface area contributed by atoms with Crippen LogP contribution in [0.15, 0.2) is 42.5 Å². The molecule has 2 aromatic carbocycles. The Morgan fingerprint density at radius 3 is 2.67 bits per heavy atom. The number of benzene rings is 2. The Labute approximate surface area is 173 Å². The maximum absolute atomic E-state index is 13.9. The smallest absolute Gasteiger partial charge is 0.274 e. The van der Waals surface area contributed by atoms with Crippen LogP contribution in [0.3, 0.4) is 0 Å². The van der Waals surface area contributed by atoms with Crippen molar-refractivity contribution in [1.29, 1.82) is 0 Å². The number of hydroxylamine groups is 1. The minimum atomic E-state index is -0.650. The van der Waals surface area contributed by atoms with Gasteiger partial charge in [0.15, 0.2) is 0 Å². The van der Waals surface area contributed by atoms with Gasteiger partial charge in [-0.15, -0.1) is 0 Å². The Bertz CT molecular complexity index is 945. The number of hydrogen-bond acceptors (Lipinski definition) is 5. The molecule has 0 bridgehead atoms. The number of carbonyl (C=O) groups excluding carboxylic acids is 2. The van der Waals surface area contributed by atoms with Gasteiger partial charge in [-0.05, 0) is 42.7 Å². The summed E-state index contributed by atoms with van der Waals surface area (Å²) in [6.07, 6.45) is 1.29. The van der Waals surface area contributed by atoms with E-state index < -0.39 is 11.9 Å². The highest BCUT2D eigenvalue weighted by Gasteiger charge is 2.34. The first-order valence-corrected chi connectivity index (χ1v) is 9.90. The second-order valence-corrected chi connectivity index (χ2v) is 7.50. The Hall–Kier alpha value is -2.97. The van der Waals surface area contributed by atoms with Gasteiger partial charge in [0.2, 0.25) is 5.91 Å². The molecule has 2 amide bonds. The van der Waals surface area contributed by atoms with Gasteiger partial charge in [-0.25, -0.2) is 9.87 Å². The zero-order chi connectivity index (χ0) is 21.1. The van der Waals surface area contributed by atoms with E-state index in [0.717, 1.165) is 5.56 Å². The molecule has 7 nitrogen and oxygen atoms in total. The van der Waals surface area contributed by atoms with Crippen molar-refractivity contribution in [3.63, 3.8) is 0 Å². The van der Waals surface area contributed by atoms with Gasteiger partial charge in [0.25, 0.3) is 5.91 Å². The molecule has 2 heterocycles. The van der Waals surface area contributed by atoms with Gasteiger partial charge in [0, 0.05) is 30.3 Å². The van der Waals surface area contributed by atoms with Crippen LogP contribution in [-0.2, 0) is 16.1 Å². The van der Waals surface area contributed by atoms with Crippen LogP contribution in [0.1, 0.15) is 40.4 Å². The molecule has 158 valence electrons. The van der Waals surface area contributed by atoms with E-state index in [4.69, 9.17) is 14.7 Å². The molecular formula is C22H23FN2O5. The normalized spacial score (nSPS) is 19.4. The van der Waals surface area contributed by atoms with Crippen molar-refractivity contribution < 1.29 is 28.7 Å². The predicted molar refractivity (Wildman–Crippen MR) is 104 cm³/mol. The lowest BCUT2D eigenvalue weighted by molar-refractivity contribution is -0.142. The minimum Gasteiger partial charge on any atom is -0.491 e. The number of halogens is 1. The molecule has 2 aliphatic rings. The van der Waals surface area contributed by atoms with E-state index in [1.165, 1.54) is 18.2 Å². The maximum Gasteiger partial charge on any atom is 0.274 e. The highest BCUT2D eigenvalue weighted by atomic mass is 19.1. The third-order valence-corrected chi connectivity index (χ3v) is 5.63. The number of ether oxygens (including phenoxy) is 2. The average Bonchev–Trinajstić information content (AvgIpc) is 2.98. The van der Waals surface area contributed by atoms with Crippen molar-refractivity contribution in [2.24, 2.45) is 5.92 Å². The second-order valence-electron chi connectivity index (χ2n) is 7.50. The molecule has 2 aliphatic heterocycles. The van der Waals surface area contributed by atoms with Crippen LogP contribution < -0.4 is 10.2 Å². The van der Waals surface area contributed by atoms with Crippen LogP contribution in [0.4, 0.5) is 4.39 Å². The largest absolute Gasteiger partial charge is 0.491 e. The van der Waals surface area contributed by atoms with Crippen LogP contribution in [0.5, 0.6) is 5.75 Å². The number of carbonyl (C=O) groups is 2. The molecule has 1 fully saturated rings. The van der Waals surface area contributed by atoms with Gasteiger partial charge in [0.1, 0.15) is 18.2 Å². The second kappa shape index (κ2) is 8.81. The summed E-state index contributed by atoms with van der Waals surface area (Å²) in [6.45, 7) is 1.48. The molecule has 0 aromatic heterocycles. The van der Waals surface area contributed by atoms with Crippen LogP contribution >= 0.6 is 0 Å².